The molecule has 0 unspecified atom stereocenters. The lowest BCUT2D eigenvalue weighted by molar-refractivity contribution is -0.369. The molecule has 0 radical (unpaired) electrons. The molecule has 3 aliphatic rings. The van der Waals surface area contributed by atoms with Gasteiger partial charge in [0.2, 0.25) is 5.79 Å². The van der Waals surface area contributed by atoms with Gasteiger partial charge in [-0.15, -0.1) is 11.8 Å². The fourth-order valence-electron chi connectivity index (χ4n) is 7.83. The molecule has 0 aromatic heterocycles. The van der Waals surface area contributed by atoms with Crippen LogP contribution in [0.15, 0.2) is 162 Å². The summed E-state index contributed by atoms with van der Waals surface area (Å²) >= 11 is 1.24. The summed E-state index contributed by atoms with van der Waals surface area (Å²) in [6, 6.07) is 49.3. The van der Waals surface area contributed by atoms with Crippen LogP contribution in [0, 0.1) is 5.41 Å². The Balaban J connectivity index is 1.19. The van der Waals surface area contributed by atoms with Crippen LogP contribution >= 0.6 is 11.8 Å². The number of carbonyl (C=O) groups is 2. The molecule has 11 nitrogen and oxygen atoms in total. The van der Waals surface area contributed by atoms with Gasteiger partial charge in [-0.1, -0.05) is 152 Å². The highest BCUT2D eigenvalue weighted by Gasteiger charge is 2.62. The van der Waals surface area contributed by atoms with Crippen LogP contribution in [0.3, 0.4) is 0 Å². The third-order valence-corrected chi connectivity index (χ3v) is 12.4. The summed E-state index contributed by atoms with van der Waals surface area (Å²) in [7, 11) is 0. The minimum Gasteiger partial charge on any atom is -0.461 e. The Labute approximate surface area is 385 Å². The van der Waals surface area contributed by atoms with Crippen molar-refractivity contribution in [1.29, 1.82) is 0 Å². The number of benzene rings is 5. The third-order valence-electron chi connectivity index (χ3n) is 11.2. The zero-order chi connectivity index (χ0) is 45.1. The summed E-state index contributed by atoms with van der Waals surface area (Å²) in [5, 5.41) is 0. The molecule has 1 saturated heterocycles. The van der Waals surface area contributed by atoms with E-state index in [1.165, 1.54) is 11.8 Å². The van der Waals surface area contributed by atoms with Crippen molar-refractivity contribution in [3.63, 3.8) is 0 Å². The van der Waals surface area contributed by atoms with Crippen molar-refractivity contribution in [3.8, 4) is 0 Å². The number of cyclic esters (lactones) is 1. The Bertz CT molecular complexity index is 2310. The van der Waals surface area contributed by atoms with E-state index in [2.05, 4.69) is 0 Å². The molecule has 1 spiro atoms. The van der Waals surface area contributed by atoms with E-state index >= 15 is 0 Å². The molecule has 0 bridgehead atoms. The first-order valence-electron chi connectivity index (χ1n) is 22.0. The summed E-state index contributed by atoms with van der Waals surface area (Å²) in [4.78, 5) is 27.3. The lowest BCUT2D eigenvalue weighted by Gasteiger charge is -2.54. The highest BCUT2D eigenvalue weighted by Crippen LogP contribution is 2.49. The Morgan fingerprint density at radius 3 is 1.57 bits per heavy atom. The van der Waals surface area contributed by atoms with Gasteiger partial charge in [-0.25, -0.2) is 4.79 Å². The minimum atomic E-state index is -1.59. The van der Waals surface area contributed by atoms with E-state index in [9.17, 15) is 9.59 Å². The first-order valence-corrected chi connectivity index (χ1v) is 23.0. The first-order chi connectivity index (χ1) is 31.6. The average Bonchev–Trinajstić information content (AvgIpc) is 3.33. The van der Waals surface area contributed by atoms with Crippen LogP contribution in [-0.2, 0) is 85.3 Å². The summed E-state index contributed by atoms with van der Waals surface area (Å²) in [6.07, 6.45) is -5.27. The molecule has 0 saturated carbocycles. The zero-order valence-electron chi connectivity index (χ0n) is 37.0. The molecule has 3 heterocycles. The van der Waals surface area contributed by atoms with Gasteiger partial charge in [0.05, 0.1) is 50.8 Å². The van der Waals surface area contributed by atoms with Gasteiger partial charge in [-0.2, -0.15) is 0 Å². The molecule has 0 aliphatic carbocycles. The molecule has 340 valence electrons. The van der Waals surface area contributed by atoms with Crippen molar-refractivity contribution in [3.05, 3.63) is 190 Å². The highest BCUT2D eigenvalue weighted by molar-refractivity contribution is 8.04. The van der Waals surface area contributed by atoms with Gasteiger partial charge in [0.15, 0.2) is 24.1 Å². The topological polar surface area (TPSA) is 117 Å². The molecular formula is C53H56O11S. The normalized spacial score (nSPS) is 24.2. The molecule has 65 heavy (non-hydrogen) atoms. The van der Waals surface area contributed by atoms with Crippen molar-refractivity contribution in [1.82, 2.24) is 0 Å². The van der Waals surface area contributed by atoms with Gasteiger partial charge in [0.1, 0.15) is 29.8 Å². The van der Waals surface area contributed by atoms with Crippen LogP contribution in [0.1, 0.15) is 48.6 Å². The van der Waals surface area contributed by atoms with Crippen LogP contribution in [0.4, 0.5) is 0 Å². The minimum absolute atomic E-state index is 0.105. The molecule has 0 N–H and O–H groups in total. The summed E-state index contributed by atoms with van der Waals surface area (Å²) < 4.78 is 60.4. The number of hydrogen-bond acceptors (Lipinski definition) is 12. The van der Waals surface area contributed by atoms with Gasteiger partial charge < -0.3 is 42.6 Å². The predicted molar refractivity (Wildman–Crippen MR) is 245 cm³/mol. The van der Waals surface area contributed by atoms with Gasteiger partial charge >= 0.3 is 11.9 Å². The number of thioether (sulfide) groups is 1. The van der Waals surface area contributed by atoms with Crippen molar-refractivity contribution in [2.24, 2.45) is 5.41 Å². The van der Waals surface area contributed by atoms with Crippen LogP contribution < -0.4 is 0 Å². The number of ether oxygens (including phenoxy) is 9. The van der Waals surface area contributed by atoms with Crippen molar-refractivity contribution < 1.29 is 52.2 Å². The van der Waals surface area contributed by atoms with Crippen LogP contribution in [-0.4, -0.2) is 73.3 Å². The standard InChI is InChI=1S/C53H56O11S/c1-52(2,3)51(55)61-35-42-44(57-30-38-21-11-5-12-22-38)46-48(50(54)62-42)65-36-53(64-46)49(60-33-41-27-17-8-18-28-41)47(59-32-40-25-15-7-16-26-40)45(58-31-39-23-13-6-14-24-39)43(63-53)34-56-29-37-19-9-4-10-20-37/h4-28,42-45,47,49H,29-36H2,1-3H3/t42-,43-,44-,45-,47+,49-,53+/m1/s1. The largest absolute Gasteiger partial charge is 0.461 e. The summed E-state index contributed by atoms with van der Waals surface area (Å²) in [5.74, 6) is -2.34. The van der Waals surface area contributed by atoms with Crippen LogP contribution in [0.2, 0.25) is 0 Å². The van der Waals surface area contributed by atoms with Gasteiger partial charge in [0, 0.05) is 0 Å². The fraction of sp³-hybridized carbons (Fsp3) is 0.358. The molecule has 8 rings (SSSR count). The van der Waals surface area contributed by atoms with E-state index in [1.54, 1.807) is 20.8 Å². The van der Waals surface area contributed by atoms with Crippen molar-refractivity contribution in [2.75, 3.05) is 19.0 Å². The molecule has 5 aromatic rings. The fourth-order valence-corrected chi connectivity index (χ4v) is 8.93. The molecule has 12 heteroatoms. The highest BCUT2D eigenvalue weighted by atomic mass is 32.2. The van der Waals surface area contributed by atoms with Gasteiger partial charge in [0.25, 0.3) is 0 Å². The lowest BCUT2D eigenvalue weighted by atomic mass is 9.91. The second kappa shape index (κ2) is 21.8. The van der Waals surface area contributed by atoms with Crippen LogP contribution in [0.5, 0.6) is 0 Å². The number of carbonyl (C=O) groups excluding carboxylic acids is 2. The molecule has 7 atom stereocenters. The molecule has 1 fully saturated rings. The van der Waals surface area contributed by atoms with E-state index in [1.807, 2.05) is 152 Å². The van der Waals surface area contributed by atoms with Crippen molar-refractivity contribution in [2.45, 2.75) is 96.2 Å². The number of rotatable bonds is 18. The first kappa shape index (κ1) is 46.2. The quantitative estimate of drug-likeness (QED) is 0.0781. The maximum atomic E-state index is 14.0. The van der Waals surface area contributed by atoms with E-state index < -0.39 is 59.8 Å². The summed E-state index contributed by atoms with van der Waals surface area (Å²) in [6.45, 7) is 6.28. The monoisotopic (exact) mass is 900 g/mol. The smallest absolute Gasteiger partial charge is 0.348 e. The Kier molecular flexibility index (Phi) is 15.5. The average molecular weight is 901 g/mol. The molecule has 5 aromatic carbocycles. The summed E-state index contributed by atoms with van der Waals surface area (Å²) in [5.41, 5.74) is 3.93. The lowest BCUT2D eigenvalue weighted by Crippen LogP contribution is -2.70. The molecule has 3 aliphatic heterocycles. The van der Waals surface area contributed by atoms with Gasteiger partial charge in [-0.05, 0) is 48.6 Å². The zero-order valence-corrected chi connectivity index (χ0v) is 37.8. The number of esters is 2. The van der Waals surface area contributed by atoms with E-state index in [0.717, 1.165) is 27.8 Å². The SMILES string of the molecule is CC(C)(C)C(=O)OC[C@H]1OC(=O)C2=C(O[C@]3(CS2)O[C@H](COCc2ccccc2)[C@@H](OCc2ccccc2)[C@H](OCc2ccccc2)[C@H]3OCc2ccccc2)[C@@H]1OCc1ccccc1. The molecular weight excluding hydrogens is 845 g/mol. The van der Waals surface area contributed by atoms with Gasteiger partial charge in [-0.3, -0.25) is 4.79 Å². The maximum absolute atomic E-state index is 14.0. The number of hydrogen-bond donors (Lipinski definition) is 0. The van der Waals surface area contributed by atoms with E-state index in [4.69, 9.17) is 42.6 Å². The van der Waals surface area contributed by atoms with E-state index in [-0.39, 0.29) is 56.1 Å². The third kappa shape index (κ3) is 11.9. The Hall–Kier alpha value is -5.31. The second-order valence-corrected chi connectivity index (χ2v) is 18.3. The predicted octanol–water partition coefficient (Wildman–Crippen LogP) is 9.13. The Morgan fingerprint density at radius 2 is 1.06 bits per heavy atom. The van der Waals surface area contributed by atoms with E-state index in [0.29, 0.717) is 6.61 Å². The van der Waals surface area contributed by atoms with Crippen LogP contribution in [0.25, 0.3) is 0 Å². The Morgan fingerprint density at radius 1 is 0.600 bits per heavy atom. The van der Waals surface area contributed by atoms with Crippen molar-refractivity contribution >= 4 is 23.7 Å². The maximum Gasteiger partial charge on any atom is 0.348 e. The molecule has 0 amide bonds. The second-order valence-electron chi connectivity index (χ2n) is 17.3.